The standard InChI is InChI=1S/C13H18IN3/c1-15-4-6-16(7-5-15)13-3-2-11-9-17(14)10-12(11)8-13/h2-3,8H,4-7,9-10H2,1H3. The summed E-state index contributed by atoms with van der Waals surface area (Å²) in [6.07, 6.45) is 0. The Kier molecular flexibility index (Phi) is 3.28. The third kappa shape index (κ3) is 2.44. The van der Waals surface area contributed by atoms with Gasteiger partial charge in [-0.3, -0.25) is 0 Å². The minimum atomic E-state index is 1.09. The van der Waals surface area contributed by atoms with E-state index in [-0.39, 0.29) is 0 Å². The molecule has 1 saturated heterocycles. The van der Waals surface area contributed by atoms with E-state index in [2.05, 4.69) is 61.0 Å². The van der Waals surface area contributed by atoms with Crippen LogP contribution in [0.1, 0.15) is 11.1 Å². The number of halogens is 1. The van der Waals surface area contributed by atoms with Crippen molar-refractivity contribution in [3.63, 3.8) is 0 Å². The summed E-state index contributed by atoms with van der Waals surface area (Å²) in [6.45, 7) is 6.86. The fourth-order valence-corrected chi connectivity index (χ4v) is 3.34. The number of piperazine rings is 1. The SMILES string of the molecule is CN1CCN(c2ccc3c(c2)CN(I)C3)CC1. The third-order valence-electron chi connectivity index (χ3n) is 3.74. The lowest BCUT2D eigenvalue weighted by Gasteiger charge is -2.34. The minimum Gasteiger partial charge on any atom is -0.369 e. The second kappa shape index (κ2) is 4.74. The van der Waals surface area contributed by atoms with Crippen molar-refractivity contribution in [2.24, 2.45) is 0 Å². The van der Waals surface area contributed by atoms with Gasteiger partial charge >= 0.3 is 0 Å². The molecule has 0 atom stereocenters. The number of likely N-dealkylation sites (N-methyl/N-ethyl adjacent to an activating group) is 1. The summed E-state index contributed by atoms with van der Waals surface area (Å²) < 4.78 is 2.34. The van der Waals surface area contributed by atoms with Crippen molar-refractivity contribution >= 4 is 28.6 Å². The lowest BCUT2D eigenvalue weighted by Crippen LogP contribution is -2.44. The van der Waals surface area contributed by atoms with Crippen LogP contribution in [0, 0.1) is 0 Å². The van der Waals surface area contributed by atoms with E-state index in [0.717, 1.165) is 26.2 Å². The van der Waals surface area contributed by atoms with Crippen molar-refractivity contribution in [3.05, 3.63) is 29.3 Å². The molecule has 1 fully saturated rings. The first-order valence-corrected chi connectivity index (χ1v) is 7.15. The summed E-state index contributed by atoms with van der Waals surface area (Å²) in [5.74, 6) is 0. The average Bonchev–Trinajstić information content (AvgIpc) is 2.69. The maximum absolute atomic E-state index is 2.51. The normalized spacial score (nSPS) is 21.9. The summed E-state index contributed by atoms with van der Waals surface area (Å²) in [7, 11) is 2.20. The summed E-state index contributed by atoms with van der Waals surface area (Å²) in [5, 5.41) is 0. The van der Waals surface area contributed by atoms with E-state index in [0.29, 0.717) is 0 Å². The summed E-state index contributed by atoms with van der Waals surface area (Å²) in [6, 6.07) is 6.99. The molecule has 0 radical (unpaired) electrons. The first kappa shape index (κ1) is 11.7. The topological polar surface area (TPSA) is 9.72 Å². The van der Waals surface area contributed by atoms with Crippen LogP contribution in [0.5, 0.6) is 0 Å². The molecule has 1 aromatic rings. The van der Waals surface area contributed by atoms with E-state index in [1.807, 2.05) is 0 Å². The van der Waals surface area contributed by atoms with Crippen LogP contribution >= 0.6 is 22.9 Å². The van der Waals surface area contributed by atoms with Crippen molar-refractivity contribution in [3.8, 4) is 0 Å². The molecule has 1 aromatic carbocycles. The molecule has 4 heteroatoms. The lowest BCUT2D eigenvalue weighted by molar-refractivity contribution is 0.313. The highest BCUT2D eigenvalue weighted by Gasteiger charge is 2.19. The molecule has 3 rings (SSSR count). The zero-order chi connectivity index (χ0) is 11.8. The number of hydrogen-bond acceptors (Lipinski definition) is 3. The molecule has 2 aliphatic rings. The van der Waals surface area contributed by atoms with Crippen LogP contribution in [0.15, 0.2) is 18.2 Å². The van der Waals surface area contributed by atoms with Crippen LogP contribution in [-0.4, -0.2) is 41.2 Å². The molecule has 2 heterocycles. The Morgan fingerprint density at radius 3 is 2.47 bits per heavy atom. The van der Waals surface area contributed by atoms with E-state index >= 15 is 0 Å². The lowest BCUT2D eigenvalue weighted by atomic mass is 10.1. The number of hydrogen-bond donors (Lipinski definition) is 0. The van der Waals surface area contributed by atoms with Gasteiger partial charge in [0.1, 0.15) is 0 Å². The van der Waals surface area contributed by atoms with E-state index in [4.69, 9.17) is 0 Å². The molecular formula is C13H18IN3. The van der Waals surface area contributed by atoms with Gasteiger partial charge in [-0.15, -0.1) is 0 Å². The predicted octanol–water partition coefficient (Wildman–Crippen LogP) is 2.10. The summed E-state index contributed by atoms with van der Waals surface area (Å²) >= 11 is 2.41. The number of anilines is 1. The molecule has 0 bridgehead atoms. The second-order valence-corrected chi connectivity index (χ2v) is 6.39. The van der Waals surface area contributed by atoms with Crippen LogP contribution in [0.3, 0.4) is 0 Å². The van der Waals surface area contributed by atoms with E-state index in [9.17, 15) is 0 Å². The van der Waals surface area contributed by atoms with E-state index < -0.39 is 0 Å². The maximum Gasteiger partial charge on any atom is 0.0370 e. The predicted molar refractivity (Wildman–Crippen MR) is 79.4 cm³/mol. The first-order valence-electron chi connectivity index (χ1n) is 6.18. The highest BCUT2D eigenvalue weighted by molar-refractivity contribution is 14.1. The number of nitrogens with zero attached hydrogens (tertiary/aromatic N) is 3. The number of rotatable bonds is 1. The molecule has 0 aliphatic carbocycles. The molecule has 0 spiro atoms. The molecule has 3 nitrogen and oxygen atoms in total. The van der Waals surface area contributed by atoms with Gasteiger partial charge < -0.3 is 9.80 Å². The maximum atomic E-state index is 2.51. The zero-order valence-corrected chi connectivity index (χ0v) is 12.4. The Labute approximate surface area is 117 Å². The molecule has 92 valence electrons. The third-order valence-corrected chi connectivity index (χ3v) is 4.42. The second-order valence-electron chi connectivity index (χ2n) is 5.02. The molecular weight excluding hydrogens is 325 g/mol. The van der Waals surface area contributed by atoms with Crippen molar-refractivity contribution in [2.75, 3.05) is 38.1 Å². The molecule has 17 heavy (non-hydrogen) atoms. The van der Waals surface area contributed by atoms with Gasteiger partial charge in [-0.05, 0) is 30.3 Å². The van der Waals surface area contributed by atoms with Gasteiger partial charge in [0.15, 0.2) is 0 Å². The van der Waals surface area contributed by atoms with Gasteiger partial charge in [0.05, 0.1) is 0 Å². The van der Waals surface area contributed by atoms with Crippen molar-refractivity contribution in [2.45, 2.75) is 13.1 Å². The quantitative estimate of drug-likeness (QED) is 0.571. The van der Waals surface area contributed by atoms with Gasteiger partial charge in [0.2, 0.25) is 0 Å². The van der Waals surface area contributed by atoms with Crippen molar-refractivity contribution < 1.29 is 0 Å². The van der Waals surface area contributed by atoms with Crippen LogP contribution in [0.4, 0.5) is 5.69 Å². The highest BCUT2D eigenvalue weighted by atomic mass is 127. The Bertz CT molecular complexity index is 413. The highest BCUT2D eigenvalue weighted by Crippen LogP contribution is 2.29. The van der Waals surface area contributed by atoms with Gasteiger partial charge in [0, 0.05) is 67.8 Å². The molecule has 2 aliphatic heterocycles. The number of fused-ring (bicyclic) bond motifs is 1. The Morgan fingerprint density at radius 1 is 1.00 bits per heavy atom. The van der Waals surface area contributed by atoms with Crippen LogP contribution < -0.4 is 4.90 Å². The van der Waals surface area contributed by atoms with Crippen LogP contribution in [-0.2, 0) is 13.1 Å². The Balaban J connectivity index is 1.78. The molecule has 0 saturated carbocycles. The zero-order valence-electron chi connectivity index (χ0n) is 10.2. The van der Waals surface area contributed by atoms with Gasteiger partial charge in [-0.25, -0.2) is 3.11 Å². The smallest absolute Gasteiger partial charge is 0.0370 e. The largest absolute Gasteiger partial charge is 0.369 e. The minimum absolute atomic E-state index is 1.09. The van der Waals surface area contributed by atoms with Gasteiger partial charge in [-0.1, -0.05) is 6.07 Å². The fraction of sp³-hybridized carbons (Fsp3) is 0.538. The Morgan fingerprint density at radius 2 is 1.71 bits per heavy atom. The monoisotopic (exact) mass is 343 g/mol. The molecule has 0 N–H and O–H groups in total. The van der Waals surface area contributed by atoms with E-state index in [1.54, 1.807) is 0 Å². The average molecular weight is 343 g/mol. The summed E-state index contributed by atoms with van der Waals surface area (Å²) in [4.78, 5) is 4.91. The fourth-order valence-electron chi connectivity index (χ4n) is 2.60. The number of benzene rings is 1. The molecule has 0 unspecified atom stereocenters. The first-order chi connectivity index (χ1) is 8.22. The Hall–Kier alpha value is -0.330. The molecule has 0 amide bonds. The van der Waals surface area contributed by atoms with Crippen molar-refractivity contribution in [1.82, 2.24) is 8.01 Å². The van der Waals surface area contributed by atoms with Crippen LogP contribution in [0.25, 0.3) is 0 Å². The summed E-state index contributed by atoms with van der Waals surface area (Å²) in [5.41, 5.74) is 4.41. The van der Waals surface area contributed by atoms with Crippen molar-refractivity contribution in [1.29, 1.82) is 0 Å². The van der Waals surface area contributed by atoms with Crippen LogP contribution in [0.2, 0.25) is 0 Å². The van der Waals surface area contributed by atoms with Gasteiger partial charge in [0.25, 0.3) is 0 Å². The van der Waals surface area contributed by atoms with Gasteiger partial charge in [-0.2, -0.15) is 0 Å². The molecule has 0 aromatic heterocycles. The van der Waals surface area contributed by atoms with E-state index in [1.165, 1.54) is 29.9 Å².